The second-order valence-corrected chi connectivity index (χ2v) is 7.75. The Hall–Kier alpha value is -0.700. The number of nitrogens with one attached hydrogen (secondary N) is 2. The van der Waals surface area contributed by atoms with Crippen LogP contribution in [0.15, 0.2) is 21.6 Å². The third kappa shape index (κ3) is 3.74. The fourth-order valence-electron chi connectivity index (χ4n) is 2.25. The molecule has 1 fully saturated rings. The molecule has 0 radical (unpaired) electrons. The van der Waals surface area contributed by atoms with Crippen LogP contribution in [0.25, 0.3) is 0 Å². The van der Waals surface area contributed by atoms with Crippen LogP contribution in [-0.2, 0) is 14.8 Å². The maximum atomic E-state index is 12.5. The SMILES string of the molecule is CCNc1ncc(Br)cc1S(=O)(=O)NCC1(OC)CCC1. The van der Waals surface area contributed by atoms with E-state index in [-0.39, 0.29) is 17.0 Å². The number of sulfonamides is 1. The molecule has 6 nitrogen and oxygen atoms in total. The highest BCUT2D eigenvalue weighted by Crippen LogP contribution is 2.34. The number of ether oxygens (including phenoxy) is 1. The first-order valence-electron chi connectivity index (χ1n) is 6.87. The molecule has 0 saturated heterocycles. The van der Waals surface area contributed by atoms with Crippen LogP contribution in [-0.4, -0.2) is 39.2 Å². The van der Waals surface area contributed by atoms with Crippen LogP contribution >= 0.6 is 15.9 Å². The lowest BCUT2D eigenvalue weighted by atomic mass is 9.80. The molecule has 1 aliphatic carbocycles. The van der Waals surface area contributed by atoms with Crippen LogP contribution in [0.3, 0.4) is 0 Å². The van der Waals surface area contributed by atoms with Crippen molar-refractivity contribution in [2.75, 3.05) is 25.5 Å². The molecule has 1 saturated carbocycles. The van der Waals surface area contributed by atoms with Gasteiger partial charge in [-0.3, -0.25) is 0 Å². The fraction of sp³-hybridized carbons (Fsp3) is 0.615. The van der Waals surface area contributed by atoms with E-state index in [1.807, 2.05) is 6.92 Å². The van der Waals surface area contributed by atoms with Crippen LogP contribution in [0, 0.1) is 0 Å². The van der Waals surface area contributed by atoms with Crippen molar-refractivity contribution < 1.29 is 13.2 Å². The molecule has 1 aliphatic rings. The van der Waals surface area contributed by atoms with E-state index in [0.717, 1.165) is 19.3 Å². The Morgan fingerprint density at radius 1 is 1.48 bits per heavy atom. The van der Waals surface area contributed by atoms with Crippen LogP contribution < -0.4 is 10.0 Å². The second kappa shape index (κ2) is 6.60. The van der Waals surface area contributed by atoms with Gasteiger partial charge >= 0.3 is 0 Å². The van der Waals surface area contributed by atoms with Crippen molar-refractivity contribution in [1.29, 1.82) is 0 Å². The van der Waals surface area contributed by atoms with Crippen molar-refractivity contribution >= 4 is 31.8 Å². The minimum Gasteiger partial charge on any atom is -0.377 e. The fourth-order valence-corrected chi connectivity index (χ4v) is 4.01. The van der Waals surface area contributed by atoms with Gasteiger partial charge < -0.3 is 10.1 Å². The molecule has 0 aromatic carbocycles. The maximum absolute atomic E-state index is 12.5. The molecule has 1 aromatic heterocycles. The summed E-state index contributed by atoms with van der Waals surface area (Å²) in [6, 6.07) is 1.55. The van der Waals surface area contributed by atoms with E-state index < -0.39 is 10.0 Å². The zero-order valence-electron chi connectivity index (χ0n) is 12.1. The highest BCUT2D eigenvalue weighted by molar-refractivity contribution is 9.10. The van der Waals surface area contributed by atoms with Gasteiger partial charge in [0, 0.05) is 30.9 Å². The molecule has 1 heterocycles. The maximum Gasteiger partial charge on any atom is 0.244 e. The van der Waals surface area contributed by atoms with E-state index in [9.17, 15) is 8.42 Å². The minimum absolute atomic E-state index is 0.143. The summed E-state index contributed by atoms with van der Waals surface area (Å²) in [6.45, 7) is 2.77. The van der Waals surface area contributed by atoms with Crippen molar-refractivity contribution in [3.8, 4) is 0 Å². The number of methoxy groups -OCH3 is 1. The zero-order valence-corrected chi connectivity index (χ0v) is 14.6. The van der Waals surface area contributed by atoms with Crippen molar-refractivity contribution in [3.63, 3.8) is 0 Å². The first kappa shape index (κ1) is 16.7. The van der Waals surface area contributed by atoms with Crippen molar-refractivity contribution in [2.45, 2.75) is 36.7 Å². The Morgan fingerprint density at radius 2 is 2.19 bits per heavy atom. The van der Waals surface area contributed by atoms with E-state index in [1.54, 1.807) is 19.4 Å². The van der Waals surface area contributed by atoms with Gasteiger partial charge in [-0.05, 0) is 48.2 Å². The van der Waals surface area contributed by atoms with E-state index in [1.165, 1.54) is 0 Å². The van der Waals surface area contributed by atoms with Gasteiger partial charge in [0.05, 0.1) is 5.60 Å². The first-order chi connectivity index (χ1) is 9.92. The molecule has 2 rings (SSSR count). The summed E-state index contributed by atoms with van der Waals surface area (Å²) in [4.78, 5) is 4.27. The molecular formula is C13H20BrN3O3S. The number of halogens is 1. The lowest BCUT2D eigenvalue weighted by Crippen LogP contribution is -2.49. The topological polar surface area (TPSA) is 80.3 Å². The van der Waals surface area contributed by atoms with E-state index in [4.69, 9.17) is 4.74 Å². The van der Waals surface area contributed by atoms with Gasteiger partial charge in [0.1, 0.15) is 10.7 Å². The summed E-state index contributed by atoms with van der Waals surface area (Å²) < 4.78 is 33.7. The first-order valence-corrected chi connectivity index (χ1v) is 9.14. The third-order valence-corrected chi connectivity index (χ3v) is 5.58. The quantitative estimate of drug-likeness (QED) is 0.760. The Kier molecular flexibility index (Phi) is 5.24. The van der Waals surface area contributed by atoms with E-state index in [2.05, 4.69) is 31.0 Å². The molecule has 1 aromatic rings. The third-order valence-electron chi connectivity index (χ3n) is 3.74. The predicted octanol–water partition coefficient (Wildman–Crippen LogP) is 2.12. The number of rotatable bonds is 7. The lowest BCUT2D eigenvalue weighted by Gasteiger charge is -2.40. The molecule has 0 amide bonds. The minimum atomic E-state index is -3.64. The van der Waals surface area contributed by atoms with Gasteiger partial charge in [-0.1, -0.05) is 0 Å². The Balaban J connectivity index is 2.20. The van der Waals surface area contributed by atoms with Gasteiger partial charge in [0.25, 0.3) is 0 Å². The summed E-state index contributed by atoms with van der Waals surface area (Å²) in [5.41, 5.74) is -0.356. The number of anilines is 1. The summed E-state index contributed by atoms with van der Waals surface area (Å²) in [7, 11) is -2.02. The van der Waals surface area contributed by atoms with Gasteiger partial charge in [0.15, 0.2) is 0 Å². The van der Waals surface area contributed by atoms with Gasteiger partial charge in [0.2, 0.25) is 10.0 Å². The average Bonchev–Trinajstić information content (AvgIpc) is 2.40. The van der Waals surface area contributed by atoms with Gasteiger partial charge in [-0.25, -0.2) is 18.1 Å². The van der Waals surface area contributed by atoms with Crippen molar-refractivity contribution in [3.05, 3.63) is 16.7 Å². The predicted molar refractivity (Wildman–Crippen MR) is 84.9 cm³/mol. The van der Waals surface area contributed by atoms with E-state index >= 15 is 0 Å². The summed E-state index contributed by atoms with van der Waals surface area (Å²) in [5.74, 6) is 0.355. The van der Waals surface area contributed by atoms with E-state index in [0.29, 0.717) is 16.8 Å². The molecule has 21 heavy (non-hydrogen) atoms. The number of hydrogen-bond acceptors (Lipinski definition) is 5. The van der Waals surface area contributed by atoms with Gasteiger partial charge in [-0.15, -0.1) is 0 Å². The number of aromatic nitrogens is 1. The molecule has 0 bridgehead atoms. The summed E-state index contributed by atoms with van der Waals surface area (Å²) in [5, 5.41) is 2.97. The highest BCUT2D eigenvalue weighted by Gasteiger charge is 2.38. The van der Waals surface area contributed by atoms with Crippen LogP contribution in [0.2, 0.25) is 0 Å². The zero-order chi connectivity index (χ0) is 15.5. The normalized spacial score (nSPS) is 17.3. The monoisotopic (exact) mass is 377 g/mol. The number of hydrogen-bond donors (Lipinski definition) is 2. The Labute approximate surface area is 133 Å². The molecule has 118 valence electrons. The van der Waals surface area contributed by atoms with Crippen LogP contribution in [0.5, 0.6) is 0 Å². The summed E-state index contributed by atoms with van der Waals surface area (Å²) >= 11 is 3.26. The smallest absolute Gasteiger partial charge is 0.244 e. The number of pyridine rings is 1. The molecule has 0 aliphatic heterocycles. The number of nitrogens with zero attached hydrogens (tertiary/aromatic N) is 1. The molecular weight excluding hydrogens is 358 g/mol. The molecule has 0 atom stereocenters. The molecule has 2 N–H and O–H groups in total. The Bertz CT molecular complexity index is 597. The Morgan fingerprint density at radius 3 is 2.71 bits per heavy atom. The largest absolute Gasteiger partial charge is 0.377 e. The van der Waals surface area contributed by atoms with Crippen LogP contribution in [0.4, 0.5) is 5.82 Å². The molecule has 8 heteroatoms. The standard InChI is InChI=1S/C13H20BrN3O3S/c1-3-15-12-11(7-10(14)8-16-12)21(18,19)17-9-13(20-2)5-4-6-13/h7-8,17H,3-6,9H2,1-2H3,(H,15,16). The van der Waals surface area contributed by atoms with Crippen LogP contribution in [0.1, 0.15) is 26.2 Å². The van der Waals surface area contributed by atoms with Crippen molar-refractivity contribution in [1.82, 2.24) is 9.71 Å². The average molecular weight is 378 g/mol. The lowest BCUT2D eigenvalue weighted by molar-refractivity contribution is -0.0659. The van der Waals surface area contributed by atoms with Gasteiger partial charge in [-0.2, -0.15) is 0 Å². The molecule has 0 unspecified atom stereocenters. The molecule has 0 spiro atoms. The second-order valence-electron chi connectivity index (χ2n) is 5.10. The summed E-state index contributed by atoms with van der Waals surface area (Å²) in [6.07, 6.45) is 4.39. The highest BCUT2D eigenvalue weighted by atomic mass is 79.9. The van der Waals surface area contributed by atoms with Crippen molar-refractivity contribution in [2.24, 2.45) is 0 Å².